The van der Waals surface area contributed by atoms with Gasteiger partial charge in [0.05, 0.1) is 14.2 Å². The van der Waals surface area contributed by atoms with E-state index in [2.05, 4.69) is 20.0 Å². The first-order valence-electron chi connectivity index (χ1n) is 9.21. The van der Waals surface area contributed by atoms with Gasteiger partial charge in [-0.25, -0.2) is 0 Å². The van der Waals surface area contributed by atoms with Crippen LogP contribution in [0.15, 0.2) is 0 Å². The molecule has 118 valence electrons. The second-order valence-electron chi connectivity index (χ2n) is 8.27. The van der Waals surface area contributed by atoms with Gasteiger partial charge in [0.25, 0.3) is 0 Å². The normalized spacial score (nSPS) is 36.0. The third-order valence-electron chi connectivity index (χ3n) is 6.46. The molecule has 0 atom stereocenters. The lowest BCUT2D eigenvalue weighted by molar-refractivity contribution is 0.0820. The Hall–Kier alpha value is 0.177. The first-order chi connectivity index (χ1) is 9.53. The molecule has 20 heavy (non-hydrogen) atoms. The quantitative estimate of drug-likeness (QED) is 0.654. The predicted octanol–water partition coefficient (Wildman–Crippen LogP) is 5.61. The van der Waals surface area contributed by atoms with Crippen LogP contribution in [0, 0.1) is 11.8 Å². The molecular formula is C18H36OSi. The summed E-state index contributed by atoms with van der Waals surface area (Å²) in [6.45, 7) is 7.62. The lowest BCUT2D eigenvalue weighted by Crippen LogP contribution is -2.36. The number of hydrogen-bond donors (Lipinski definition) is 1. The van der Waals surface area contributed by atoms with Crippen LogP contribution in [0.5, 0.6) is 0 Å². The van der Waals surface area contributed by atoms with Crippen LogP contribution in [0.3, 0.4) is 0 Å². The number of aliphatic hydroxyl groups is 1. The highest BCUT2D eigenvalue weighted by atomic mass is 28.3. The van der Waals surface area contributed by atoms with Gasteiger partial charge in [-0.15, -0.1) is 0 Å². The van der Waals surface area contributed by atoms with Crippen molar-refractivity contribution in [1.82, 2.24) is 0 Å². The number of hydrogen-bond acceptors (Lipinski definition) is 1. The van der Waals surface area contributed by atoms with Crippen LogP contribution in [0.4, 0.5) is 0 Å². The zero-order chi connectivity index (χ0) is 14.6. The van der Waals surface area contributed by atoms with E-state index in [4.69, 9.17) is 0 Å². The molecule has 0 radical (unpaired) electrons. The van der Waals surface area contributed by atoms with E-state index in [1.807, 2.05) is 0 Å². The highest BCUT2D eigenvalue weighted by Gasteiger charge is 2.36. The average Bonchev–Trinajstić information content (AvgIpc) is 2.46. The first-order valence-corrected chi connectivity index (χ1v) is 12.5. The topological polar surface area (TPSA) is 20.2 Å². The van der Waals surface area contributed by atoms with Crippen LogP contribution in [-0.2, 0) is 0 Å². The van der Waals surface area contributed by atoms with E-state index in [9.17, 15) is 5.11 Å². The molecule has 0 saturated heterocycles. The van der Waals surface area contributed by atoms with Gasteiger partial charge in [0.2, 0.25) is 0 Å². The van der Waals surface area contributed by atoms with Gasteiger partial charge in [0.15, 0.2) is 0 Å². The minimum Gasteiger partial charge on any atom is -0.393 e. The van der Waals surface area contributed by atoms with E-state index in [0.717, 1.165) is 30.2 Å². The Morgan fingerprint density at radius 3 is 1.85 bits per heavy atom. The van der Waals surface area contributed by atoms with Gasteiger partial charge in [-0.1, -0.05) is 64.6 Å². The van der Waals surface area contributed by atoms with Crippen LogP contribution in [0.2, 0.25) is 24.7 Å². The van der Waals surface area contributed by atoms with E-state index in [1.165, 1.54) is 51.4 Å². The van der Waals surface area contributed by atoms with Crippen LogP contribution in [0.25, 0.3) is 0 Å². The minimum atomic E-state index is -0.954. The van der Waals surface area contributed by atoms with Gasteiger partial charge >= 0.3 is 0 Å². The summed E-state index contributed by atoms with van der Waals surface area (Å²) in [5.41, 5.74) is 1.10. The Morgan fingerprint density at radius 2 is 1.35 bits per heavy atom. The molecule has 0 unspecified atom stereocenters. The molecule has 2 heteroatoms. The van der Waals surface area contributed by atoms with Crippen molar-refractivity contribution in [2.45, 2.75) is 102 Å². The SMILES string of the molecule is CCCC[Si](C)(C)C1CCC(C2CCC(O)CC2)CC1. The Labute approximate surface area is 127 Å². The molecule has 1 nitrogen and oxygen atoms in total. The van der Waals surface area contributed by atoms with Gasteiger partial charge in [-0.05, 0) is 43.1 Å². The van der Waals surface area contributed by atoms with Crippen molar-refractivity contribution in [3.63, 3.8) is 0 Å². The maximum absolute atomic E-state index is 9.66. The van der Waals surface area contributed by atoms with Gasteiger partial charge in [0, 0.05) is 0 Å². The molecule has 0 bridgehead atoms. The minimum absolute atomic E-state index is 0.0166. The molecule has 2 saturated carbocycles. The standard InChI is InChI=1S/C18H36OSi/c1-4-5-14-20(2,3)18-12-8-16(9-13-18)15-6-10-17(19)11-7-15/h15-19H,4-14H2,1-3H3. The van der Waals surface area contributed by atoms with E-state index in [-0.39, 0.29) is 6.10 Å². The van der Waals surface area contributed by atoms with E-state index in [0.29, 0.717) is 0 Å². The molecule has 0 aromatic heterocycles. The Balaban J connectivity index is 1.77. The molecule has 0 heterocycles. The van der Waals surface area contributed by atoms with Gasteiger partial charge in [-0.3, -0.25) is 0 Å². The molecule has 0 spiro atoms. The van der Waals surface area contributed by atoms with Crippen molar-refractivity contribution in [3.8, 4) is 0 Å². The molecule has 2 fully saturated rings. The number of rotatable bonds is 5. The maximum atomic E-state index is 9.66. The van der Waals surface area contributed by atoms with Crippen LogP contribution in [-0.4, -0.2) is 19.3 Å². The molecule has 2 aliphatic carbocycles. The molecule has 2 rings (SSSR count). The van der Waals surface area contributed by atoms with Crippen molar-refractivity contribution >= 4 is 8.07 Å². The monoisotopic (exact) mass is 296 g/mol. The van der Waals surface area contributed by atoms with Crippen LogP contribution < -0.4 is 0 Å². The summed E-state index contributed by atoms with van der Waals surface area (Å²) in [5, 5.41) is 9.66. The fourth-order valence-corrected chi connectivity index (χ4v) is 8.35. The average molecular weight is 297 g/mol. The molecule has 0 aliphatic heterocycles. The summed E-state index contributed by atoms with van der Waals surface area (Å²) in [6, 6.07) is 1.55. The summed E-state index contributed by atoms with van der Waals surface area (Å²) >= 11 is 0. The zero-order valence-corrected chi connectivity index (χ0v) is 15.0. The van der Waals surface area contributed by atoms with E-state index in [1.54, 1.807) is 6.04 Å². The van der Waals surface area contributed by atoms with E-state index < -0.39 is 8.07 Å². The van der Waals surface area contributed by atoms with Crippen LogP contribution in [0.1, 0.15) is 71.1 Å². The molecule has 0 aromatic rings. The molecule has 1 N–H and O–H groups in total. The molecule has 0 aromatic carbocycles. The van der Waals surface area contributed by atoms with E-state index >= 15 is 0 Å². The van der Waals surface area contributed by atoms with Gasteiger partial charge in [-0.2, -0.15) is 0 Å². The molecule has 2 aliphatic rings. The summed E-state index contributed by atoms with van der Waals surface area (Å²) in [4.78, 5) is 0. The van der Waals surface area contributed by atoms with Crippen molar-refractivity contribution in [2.75, 3.05) is 0 Å². The van der Waals surface area contributed by atoms with Gasteiger partial charge in [0.1, 0.15) is 0 Å². The predicted molar refractivity (Wildman–Crippen MR) is 90.9 cm³/mol. The van der Waals surface area contributed by atoms with Crippen molar-refractivity contribution in [2.24, 2.45) is 11.8 Å². The molecular weight excluding hydrogens is 260 g/mol. The summed E-state index contributed by atoms with van der Waals surface area (Å²) in [7, 11) is -0.954. The zero-order valence-electron chi connectivity index (χ0n) is 14.0. The van der Waals surface area contributed by atoms with Gasteiger partial charge < -0.3 is 5.11 Å². The second kappa shape index (κ2) is 7.44. The van der Waals surface area contributed by atoms with Crippen LogP contribution >= 0.6 is 0 Å². The highest BCUT2D eigenvalue weighted by Crippen LogP contribution is 2.46. The van der Waals surface area contributed by atoms with Crippen molar-refractivity contribution < 1.29 is 5.11 Å². The van der Waals surface area contributed by atoms with Crippen molar-refractivity contribution in [1.29, 1.82) is 0 Å². The lowest BCUT2D eigenvalue weighted by atomic mass is 9.73. The number of aliphatic hydroxyl groups excluding tert-OH is 1. The molecule has 0 amide bonds. The first kappa shape index (κ1) is 16.5. The smallest absolute Gasteiger partial charge is 0.0540 e. The summed E-state index contributed by atoms with van der Waals surface area (Å²) < 4.78 is 0. The fraction of sp³-hybridized carbons (Fsp3) is 1.00. The lowest BCUT2D eigenvalue weighted by Gasteiger charge is -2.41. The fourth-order valence-electron chi connectivity index (χ4n) is 4.78. The van der Waals surface area contributed by atoms with Crippen molar-refractivity contribution in [3.05, 3.63) is 0 Å². The summed E-state index contributed by atoms with van der Waals surface area (Å²) in [5.74, 6) is 1.94. The highest BCUT2D eigenvalue weighted by molar-refractivity contribution is 6.78. The second-order valence-corrected chi connectivity index (χ2v) is 13.6. The Morgan fingerprint density at radius 1 is 0.850 bits per heavy atom. The largest absolute Gasteiger partial charge is 0.393 e. The Bertz CT molecular complexity index is 273. The third kappa shape index (κ3) is 4.33. The Kier molecular flexibility index (Phi) is 6.16. The number of unbranched alkanes of at least 4 members (excludes halogenated alkanes) is 1. The maximum Gasteiger partial charge on any atom is 0.0540 e. The summed E-state index contributed by atoms with van der Waals surface area (Å²) in [6.07, 6.45) is 13.6. The third-order valence-corrected chi connectivity index (χ3v) is 10.9.